The number of amides is 2. The zero-order valence-corrected chi connectivity index (χ0v) is 19.8. The molecule has 192 valence electrons. The number of nitrogens with zero attached hydrogens (tertiary/aromatic N) is 3. The summed E-state index contributed by atoms with van der Waals surface area (Å²) in [6.07, 6.45) is 2.13. The second-order valence-electron chi connectivity index (χ2n) is 8.76. The molecule has 0 spiro atoms. The Hall–Kier alpha value is -3.80. The number of hydrogen-bond donors (Lipinski definition) is 2. The lowest BCUT2D eigenvalue weighted by Gasteiger charge is -2.40. The average Bonchev–Trinajstić information content (AvgIpc) is 2.83. The molecule has 4 rings (SSSR count). The van der Waals surface area contributed by atoms with Gasteiger partial charge in [0, 0.05) is 49.8 Å². The minimum atomic E-state index is -0.894. The molecule has 0 aliphatic carbocycles. The van der Waals surface area contributed by atoms with Crippen molar-refractivity contribution in [1.82, 2.24) is 14.8 Å². The Labute approximate surface area is 205 Å². The molecule has 2 aromatic rings. The molecule has 2 aliphatic heterocycles. The van der Waals surface area contributed by atoms with Crippen molar-refractivity contribution in [3.8, 4) is 5.75 Å². The molecule has 2 amide bonds. The number of oxime groups is 1. The molecule has 0 saturated carbocycles. The zero-order valence-electron chi connectivity index (χ0n) is 19.8. The Morgan fingerprint density at radius 2 is 2.11 bits per heavy atom. The molecule has 36 heavy (non-hydrogen) atoms. The molecule has 2 atom stereocenters. The van der Waals surface area contributed by atoms with E-state index in [1.165, 1.54) is 16.8 Å². The van der Waals surface area contributed by atoms with Crippen LogP contribution in [0.2, 0.25) is 0 Å². The lowest BCUT2D eigenvalue weighted by Crippen LogP contribution is -2.50. The maximum Gasteiger partial charge on any atom is 0.274 e. The van der Waals surface area contributed by atoms with Crippen LogP contribution in [-0.2, 0) is 11.4 Å². The van der Waals surface area contributed by atoms with Gasteiger partial charge in [0.2, 0.25) is 5.43 Å². The Morgan fingerprint density at radius 3 is 2.83 bits per heavy atom. The van der Waals surface area contributed by atoms with Gasteiger partial charge in [0.15, 0.2) is 18.2 Å². The Kier molecular flexibility index (Phi) is 7.34. The first-order valence-corrected chi connectivity index (χ1v) is 11.4. The molecule has 0 fully saturated rings. The van der Waals surface area contributed by atoms with Gasteiger partial charge < -0.3 is 29.5 Å². The number of benzene rings is 1. The number of fused-ring (bicyclic) bond motifs is 4. The fourth-order valence-electron chi connectivity index (χ4n) is 4.39. The highest BCUT2D eigenvalue weighted by Crippen LogP contribution is 2.31. The van der Waals surface area contributed by atoms with E-state index in [0.29, 0.717) is 37.8 Å². The van der Waals surface area contributed by atoms with Gasteiger partial charge in [-0.05, 0) is 19.9 Å². The molecule has 1 aromatic carbocycles. The predicted octanol–water partition coefficient (Wildman–Crippen LogP) is 1.96. The van der Waals surface area contributed by atoms with Crippen LogP contribution in [0.25, 0.3) is 0 Å². The smallest absolute Gasteiger partial charge is 0.274 e. The van der Waals surface area contributed by atoms with Crippen LogP contribution in [0.4, 0.5) is 8.78 Å². The maximum absolute atomic E-state index is 14.0. The van der Waals surface area contributed by atoms with E-state index >= 15 is 0 Å². The first-order chi connectivity index (χ1) is 17.2. The summed E-state index contributed by atoms with van der Waals surface area (Å²) in [4.78, 5) is 46.6. The van der Waals surface area contributed by atoms with E-state index in [-0.39, 0.29) is 29.4 Å². The number of halogens is 2. The van der Waals surface area contributed by atoms with Crippen LogP contribution in [0.1, 0.15) is 59.1 Å². The van der Waals surface area contributed by atoms with Crippen molar-refractivity contribution in [3.05, 3.63) is 63.1 Å². The number of aliphatic hydroxyl groups is 1. The van der Waals surface area contributed by atoms with Gasteiger partial charge in [-0.3, -0.25) is 14.4 Å². The summed E-state index contributed by atoms with van der Waals surface area (Å²) in [7, 11) is 0. The molecule has 0 unspecified atom stereocenters. The highest BCUT2D eigenvalue weighted by Gasteiger charge is 2.38. The van der Waals surface area contributed by atoms with E-state index in [1.807, 2.05) is 6.92 Å². The van der Waals surface area contributed by atoms with Gasteiger partial charge in [-0.15, -0.1) is 0 Å². The van der Waals surface area contributed by atoms with Crippen LogP contribution < -0.4 is 15.5 Å². The summed E-state index contributed by atoms with van der Waals surface area (Å²) in [6.45, 7) is 3.03. The second kappa shape index (κ2) is 10.4. The van der Waals surface area contributed by atoms with E-state index in [4.69, 9.17) is 9.57 Å². The number of carbonyl (C=O) groups is 2. The van der Waals surface area contributed by atoms with Crippen LogP contribution in [0.5, 0.6) is 5.75 Å². The molecular weight excluding hydrogens is 478 g/mol. The third-order valence-corrected chi connectivity index (χ3v) is 6.28. The van der Waals surface area contributed by atoms with E-state index in [0.717, 1.165) is 6.07 Å². The number of pyridine rings is 1. The number of aliphatic hydroxyl groups excluding tert-OH is 1. The van der Waals surface area contributed by atoms with Gasteiger partial charge in [0.1, 0.15) is 23.8 Å². The Balaban J connectivity index is 1.76. The molecule has 0 radical (unpaired) electrons. The summed E-state index contributed by atoms with van der Waals surface area (Å²) >= 11 is 0. The first-order valence-electron chi connectivity index (χ1n) is 11.4. The van der Waals surface area contributed by atoms with E-state index in [1.54, 1.807) is 11.8 Å². The van der Waals surface area contributed by atoms with Gasteiger partial charge in [-0.2, -0.15) is 0 Å². The summed E-state index contributed by atoms with van der Waals surface area (Å²) in [6, 6.07) is 2.29. The van der Waals surface area contributed by atoms with Crippen molar-refractivity contribution in [2.75, 3.05) is 19.9 Å². The molecule has 12 heteroatoms. The predicted molar refractivity (Wildman–Crippen MR) is 124 cm³/mol. The zero-order chi connectivity index (χ0) is 26.0. The van der Waals surface area contributed by atoms with E-state index in [9.17, 15) is 28.3 Å². The van der Waals surface area contributed by atoms with E-state index in [2.05, 4.69) is 10.5 Å². The minimum Gasteiger partial charge on any atom is -0.461 e. The summed E-state index contributed by atoms with van der Waals surface area (Å²) in [5.74, 6) is -3.38. The van der Waals surface area contributed by atoms with Crippen LogP contribution in [0, 0.1) is 11.6 Å². The number of hydrogen-bond acceptors (Lipinski definition) is 7. The van der Waals surface area contributed by atoms with Crippen molar-refractivity contribution in [2.45, 2.75) is 45.3 Å². The fraction of sp³-hybridized carbons (Fsp3) is 0.417. The largest absolute Gasteiger partial charge is 0.461 e. The third kappa shape index (κ3) is 4.94. The topological polar surface area (TPSA) is 122 Å². The van der Waals surface area contributed by atoms with Gasteiger partial charge in [-0.25, -0.2) is 8.78 Å². The number of nitrogens with one attached hydrogen (secondary N) is 1. The quantitative estimate of drug-likeness (QED) is 0.601. The van der Waals surface area contributed by atoms with Crippen molar-refractivity contribution >= 4 is 17.5 Å². The molecule has 3 heterocycles. The second-order valence-corrected chi connectivity index (χ2v) is 8.76. The average molecular weight is 504 g/mol. The van der Waals surface area contributed by atoms with Gasteiger partial charge in [0.05, 0.1) is 11.8 Å². The standard InChI is InChI=1S/C24H26F2N4O6/c1-13-7-17-10-29(14(2)5-6-36-28-13)24(34)20-22(35-12-31)21(32)18(11-30(17)20)23(33)27-9-15-3-4-16(25)8-19(15)26/h3-4,8,11,14,17,31H,5-7,9-10,12H2,1-2H3,(H,27,33)/b28-13-/t14-,17-/m0/s1. The third-order valence-electron chi connectivity index (χ3n) is 6.28. The maximum atomic E-state index is 14.0. The molecule has 10 nitrogen and oxygen atoms in total. The summed E-state index contributed by atoms with van der Waals surface area (Å²) in [5, 5.41) is 16.0. The molecule has 0 saturated heterocycles. The molecule has 2 aliphatic rings. The van der Waals surface area contributed by atoms with Crippen molar-refractivity contribution in [1.29, 1.82) is 0 Å². The number of aromatic nitrogens is 1. The van der Waals surface area contributed by atoms with Crippen LogP contribution in [0.15, 0.2) is 34.3 Å². The van der Waals surface area contributed by atoms with Crippen molar-refractivity contribution < 1.29 is 33.1 Å². The SMILES string of the molecule is C/C1=N/OCC[C@H](C)N2C[C@H](C1)n1cc(C(=O)NCc3ccc(F)cc3F)c(=O)c(OCO)c1C2=O. The fourth-order valence-corrected chi connectivity index (χ4v) is 4.39. The molecule has 2 bridgehead atoms. The summed E-state index contributed by atoms with van der Waals surface area (Å²) in [5.41, 5.74) is -0.658. The van der Waals surface area contributed by atoms with Crippen LogP contribution in [0.3, 0.4) is 0 Å². The Bertz CT molecular complexity index is 1280. The highest BCUT2D eigenvalue weighted by atomic mass is 19.1. The summed E-state index contributed by atoms with van der Waals surface area (Å²) < 4.78 is 33.8. The van der Waals surface area contributed by atoms with Gasteiger partial charge >= 0.3 is 0 Å². The number of rotatable bonds is 5. The number of ether oxygens (including phenoxy) is 1. The molecule has 2 N–H and O–H groups in total. The first kappa shape index (κ1) is 25.3. The van der Waals surface area contributed by atoms with E-state index < -0.39 is 47.5 Å². The number of carbonyl (C=O) groups excluding carboxylic acids is 2. The van der Waals surface area contributed by atoms with Gasteiger partial charge in [0.25, 0.3) is 11.8 Å². The monoisotopic (exact) mass is 504 g/mol. The van der Waals surface area contributed by atoms with Crippen LogP contribution in [-0.4, -0.2) is 58.1 Å². The van der Waals surface area contributed by atoms with Crippen molar-refractivity contribution in [3.63, 3.8) is 0 Å². The van der Waals surface area contributed by atoms with Gasteiger partial charge in [-0.1, -0.05) is 11.2 Å². The Morgan fingerprint density at radius 1 is 1.33 bits per heavy atom. The molecule has 1 aromatic heterocycles. The lowest BCUT2D eigenvalue weighted by atomic mass is 10.0. The normalized spacial score (nSPS) is 21.1. The molecular formula is C24H26F2N4O6. The minimum absolute atomic E-state index is 0.0219. The lowest BCUT2D eigenvalue weighted by molar-refractivity contribution is 0.0475. The highest BCUT2D eigenvalue weighted by molar-refractivity contribution is 5.99. The van der Waals surface area contributed by atoms with Crippen LogP contribution >= 0.6 is 0 Å². The van der Waals surface area contributed by atoms with Crippen molar-refractivity contribution in [2.24, 2.45) is 5.16 Å².